The van der Waals surface area contributed by atoms with Crippen molar-refractivity contribution in [1.29, 1.82) is 0 Å². The van der Waals surface area contributed by atoms with Crippen molar-refractivity contribution in [1.82, 2.24) is 9.78 Å². The number of para-hydroxylation sites is 2. The molecule has 0 aliphatic rings. The van der Waals surface area contributed by atoms with Gasteiger partial charge in [0.25, 0.3) is 5.91 Å². The van der Waals surface area contributed by atoms with Crippen LogP contribution in [0.1, 0.15) is 21.7 Å². The number of aromatic nitrogens is 2. The molecule has 1 N–H and O–H groups in total. The van der Waals surface area contributed by atoms with Gasteiger partial charge in [-0.05, 0) is 38.1 Å². The molecule has 156 valence electrons. The van der Waals surface area contributed by atoms with Crippen LogP contribution in [0.4, 0.5) is 5.69 Å². The SMILES string of the molecule is Cc1nn(-c2ccccc2)c(C)c1NC(=O)COC(=O)c1cc2ccccc2oc1=O. The number of nitrogens with zero attached hydrogens (tertiary/aromatic N) is 2. The number of hydrogen-bond acceptors (Lipinski definition) is 6. The van der Waals surface area contributed by atoms with E-state index in [0.29, 0.717) is 22.4 Å². The highest BCUT2D eigenvalue weighted by molar-refractivity contribution is 5.97. The fourth-order valence-corrected chi connectivity index (χ4v) is 3.23. The molecule has 0 saturated carbocycles. The van der Waals surface area contributed by atoms with Crippen molar-refractivity contribution in [2.45, 2.75) is 13.8 Å². The second-order valence-corrected chi connectivity index (χ2v) is 6.90. The number of aryl methyl sites for hydroxylation is 1. The van der Waals surface area contributed by atoms with Gasteiger partial charge in [-0.15, -0.1) is 0 Å². The van der Waals surface area contributed by atoms with Gasteiger partial charge in [-0.3, -0.25) is 4.79 Å². The molecule has 1 amide bonds. The number of fused-ring (bicyclic) bond motifs is 1. The quantitative estimate of drug-likeness (QED) is 0.394. The number of amides is 1. The van der Waals surface area contributed by atoms with Crippen LogP contribution in [0.15, 0.2) is 69.9 Å². The van der Waals surface area contributed by atoms with Crippen LogP contribution < -0.4 is 10.9 Å². The van der Waals surface area contributed by atoms with E-state index >= 15 is 0 Å². The summed E-state index contributed by atoms with van der Waals surface area (Å²) >= 11 is 0. The van der Waals surface area contributed by atoms with Crippen LogP contribution in [-0.4, -0.2) is 28.3 Å². The Morgan fingerprint density at radius 2 is 1.77 bits per heavy atom. The minimum atomic E-state index is -0.928. The number of benzene rings is 2. The van der Waals surface area contributed by atoms with Crippen LogP contribution in [0, 0.1) is 13.8 Å². The molecule has 2 heterocycles. The molecule has 0 atom stereocenters. The minimum absolute atomic E-state index is 0.268. The lowest BCUT2D eigenvalue weighted by Gasteiger charge is -2.08. The number of esters is 1. The third kappa shape index (κ3) is 4.09. The van der Waals surface area contributed by atoms with Gasteiger partial charge in [0.1, 0.15) is 11.1 Å². The molecular formula is C23H19N3O5. The van der Waals surface area contributed by atoms with E-state index in [9.17, 15) is 14.4 Å². The van der Waals surface area contributed by atoms with Crippen molar-refractivity contribution in [3.8, 4) is 5.69 Å². The molecule has 0 radical (unpaired) electrons. The van der Waals surface area contributed by atoms with Gasteiger partial charge in [0.15, 0.2) is 6.61 Å². The maximum Gasteiger partial charge on any atom is 0.351 e. The van der Waals surface area contributed by atoms with Gasteiger partial charge in [0, 0.05) is 5.39 Å². The molecule has 2 aromatic carbocycles. The average Bonchev–Trinajstić information content (AvgIpc) is 3.06. The number of ether oxygens (including phenoxy) is 1. The van der Waals surface area contributed by atoms with Gasteiger partial charge in [-0.2, -0.15) is 5.10 Å². The molecule has 8 heteroatoms. The highest BCUT2D eigenvalue weighted by atomic mass is 16.5. The van der Waals surface area contributed by atoms with Crippen LogP contribution in [0.25, 0.3) is 16.7 Å². The molecule has 4 aromatic rings. The topological polar surface area (TPSA) is 103 Å². The highest BCUT2D eigenvalue weighted by Gasteiger charge is 2.19. The third-order valence-corrected chi connectivity index (χ3v) is 4.75. The Labute approximate surface area is 177 Å². The molecule has 0 saturated heterocycles. The number of hydrogen-bond donors (Lipinski definition) is 1. The van der Waals surface area contributed by atoms with E-state index < -0.39 is 24.1 Å². The van der Waals surface area contributed by atoms with Crippen LogP contribution >= 0.6 is 0 Å². The first-order valence-electron chi connectivity index (χ1n) is 9.55. The van der Waals surface area contributed by atoms with Crippen molar-refractivity contribution < 1.29 is 18.7 Å². The van der Waals surface area contributed by atoms with Crippen LogP contribution in [0.3, 0.4) is 0 Å². The molecule has 8 nitrogen and oxygen atoms in total. The van der Waals surface area contributed by atoms with Crippen molar-refractivity contribution in [2.75, 3.05) is 11.9 Å². The Bertz CT molecular complexity index is 1340. The molecule has 4 rings (SSSR count). The standard InChI is InChI=1S/C23H19N3O5/c1-14-21(15(2)26(25-14)17-9-4-3-5-10-17)24-20(27)13-30-22(28)18-12-16-8-6-7-11-19(16)31-23(18)29/h3-12H,13H2,1-2H3,(H,24,27). The molecule has 0 bridgehead atoms. The van der Waals surface area contributed by atoms with E-state index in [0.717, 1.165) is 11.4 Å². The summed E-state index contributed by atoms with van der Waals surface area (Å²) < 4.78 is 11.9. The Morgan fingerprint density at radius 3 is 2.55 bits per heavy atom. The second-order valence-electron chi connectivity index (χ2n) is 6.90. The monoisotopic (exact) mass is 417 g/mol. The summed E-state index contributed by atoms with van der Waals surface area (Å²) in [6.07, 6.45) is 0. The summed E-state index contributed by atoms with van der Waals surface area (Å²) in [5.41, 5.74) is 2.03. The van der Waals surface area contributed by atoms with Crippen LogP contribution in [-0.2, 0) is 9.53 Å². The lowest BCUT2D eigenvalue weighted by atomic mass is 10.2. The molecule has 31 heavy (non-hydrogen) atoms. The summed E-state index contributed by atoms with van der Waals surface area (Å²) in [5.74, 6) is -1.47. The first kappa shape index (κ1) is 20.1. The smallest absolute Gasteiger partial charge is 0.351 e. The second kappa shape index (κ2) is 8.27. The van der Waals surface area contributed by atoms with E-state index in [2.05, 4.69) is 10.4 Å². The van der Waals surface area contributed by atoms with E-state index in [4.69, 9.17) is 9.15 Å². The summed E-state index contributed by atoms with van der Waals surface area (Å²) in [6, 6.07) is 17.7. The van der Waals surface area contributed by atoms with Gasteiger partial charge in [-0.1, -0.05) is 36.4 Å². The van der Waals surface area contributed by atoms with Crippen molar-refractivity contribution in [3.05, 3.63) is 88.0 Å². The lowest BCUT2D eigenvalue weighted by Crippen LogP contribution is -2.24. The average molecular weight is 417 g/mol. The lowest BCUT2D eigenvalue weighted by molar-refractivity contribution is -0.119. The number of carbonyl (C=O) groups is 2. The predicted molar refractivity (Wildman–Crippen MR) is 114 cm³/mol. The van der Waals surface area contributed by atoms with Crippen molar-refractivity contribution >= 4 is 28.5 Å². The summed E-state index contributed by atoms with van der Waals surface area (Å²) in [7, 11) is 0. The third-order valence-electron chi connectivity index (χ3n) is 4.75. The van der Waals surface area contributed by atoms with Gasteiger partial charge < -0.3 is 14.5 Å². The molecule has 0 aliphatic carbocycles. The fourth-order valence-electron chi connectivity index (χ4n) is 3.23. The van der Waals surface area contributed by atoms with Crippen LogP contribution in [0.2, 0.25) is 0 Å². The molecule has 0 spiro atoms. The maximum absolute atomic E-state index is 12.4. The Balaban J connectivity index is 1.45. The molecule has 2 aromatic heterocycles. The summed E-state index contributed by atoms with van der Waals surface area (Å²) in [4.78, 5) is 36.7. The van der Waals surface area contributed by atoms with Crippen molar-refractivity contribution in [3.63, 3.8) is 0 Å². The van der Waals surface area contributed by atoms with Gasteiger partial charge >= 0.3 is 11.6 Å². The zero-order valence-corrected chi connectivity index (χ0v) is 16.9. The van der Waals surface area contributed by atoms with Crippen molar-refractivity contribution in [2.24, 2.45) is 0 Å². The zero-order valence-electron chi connectivity index (χ0n) is 16.9. The Morgan fingerprint density at radius 1 is 1.06 bits per heavy atom. The van der Waals surface area contributed by atoms with E-state index in [1.165, 1.54) is 6.07 Å². The zero-order chi connectivity index (χ0) is 22.0. The largest absolute Gasteiger partial charge is 0.452 e. The van der Waals surface area contributed by atoms with Gasteiger partial charge in [-0.25, -0.2) is 14.3 Å². The predicted octanol–water partition coefficient (Wildman–Crippen LogP) is 3.39. The normalized spacial score (nSPS) is 10.8. The first-order chi connectivity index (χ1) is 14.9. The molecule has 0 fully saturated rings. The molecular weight excluding hydrogens is 398 g/mol. The van der Waals surface area contributed by atoms with Gasteiger partial charge in [0.05, 0.1) is 22.8 Å². The summed E-state index contributed by atoms with van der Waals surface area (Å²) in [6.45, 7) is 3.05. The number of rotatable bonds is 5. The molecule has 0 unspecified atom stereocenters. The molecule has 0 aliphatic heterocycles. The Hall–Kier alpha value is -4.20. The maximum atomic E-state index is 12.4. The summed E-state index contributed by atoms with van der Waals surface area (Å²) in [5, 5.41) is 7.76. The van der Waals surface area contributed by atoms with Crippen LogP contribution in [0.5, 0.6) is 0 Å². The minimum Gasteiger partial charge on any atom is -0.452 e. The number of carbonyl (C=O) groups excluding carboxylic acids is 2. The number of nitrogens with one attached hydrogen (secondary N) is 1. The van der Waals surface area contributed by atoms with E-state index in [-0.39, 0.29) is 5.56 Å². The highest BCUT2D eigenvalue weighted by Crippen LogP contribution is 2.22. The Kier molecular flexibility index (Phi) is 5.36. The van der Waals surface area contributed by atoms with E-state index in [1.54, 1.807) is 35.9 Å². The fraction of sp³-hybridized carbons (Fsp3) is 0.130. The van der Waals surface area contributed by atoms with Gasteiger partial charge in [0.2, 0.25) is 0 Å². The van der Waals surface area contributed by atoms with E-state index in [1.807, 2.05) is 37.3 Å². The number of anilines is 1. The first-order valence-corrected chi connectivity index (χ1v) is 9.55.